The van der Waals surface area contributed by atoms with Gasteiger partial charge in [-0.15, -0.1) is 0 Å². The van der Waals surface area contributed by atoms with E-state index in [0.29, 0.717) is 0 Å². The lowest BCUT2D eigenvalue weighted by Crippen LogP contribution is -2.43. The van der Waals surface area contributed by atoms with Crippen molar-refractivity contribution in [2.24, 2.45) is 0 Å². The molecule has 0 aliphatic rings. The second kappa shape index (κ2) is 21.5. The summed E-state index contributed by atoms with van der Waals surface area (Å²) in [6.07, 6.45) is -1.52. The molecule has 0 saturated carbocycles. The SMILES string of the molecule is COCCN(CC(=O)OCCN(CC(=O)OCCOCCOCCOCC(=O)O)C(=O)OC(C)(C)C)C(=O)OC(C)(C)C. The van der Waals surface area contributed by atoms with Crippen molar-refractivity contribution in [1.29, 1.82) is 0 Å². The van der Waals surface area contributed by atoms with Gasteiger partial charge in [0.1, 0.15) is 44.1 Å². The Kier molecular flexibility index (Phi) is 19.9. The van der Waals surface area contributed by atoms with Gasteiger partial charge in [-0.1, -0.05) is 0 Å². The fraction of sp³-hybridized carbons (Fsp3) is 0.815. The van der Waals surface area contributed by atoms with Gasteiger partial charge in [-0.2, -0.15) is 0 Å². The Morgan fingerprint density at radius 1 is 0.581 bits per heavy atom. The second-order valence-corrected chi connectivity index (χ2v) is 10.9. The topological polar surface area (TPSA) is 186 Å². The molecule has 16 heteroatoms. The zero-order chi connectivity index (χ0) is 32.9. The summed E-state index contributed by atoms with van der Waals surface area (Å²) in [5.41, 5.74) is -1.61. The van der Waals surface area contributed by atoms with Crippen molar-refractivity contribution in [2.75, 3.05) is 92.8 Å². The Morgan fingerprint density at radius 2 is 0.977 bits per heavy atom. The number of methoxy groups -OCH3 is 1. The molecule has 250 valence electrons. The highest BCUT2D eigenvalue weighted by Gasteiger charge is 2.26. The maximum Gasteiger partial charge on any atom is 0.410 e. The van der Waals surface area contributed by atoms with E-state index in [-0.39, 0.29) is 65.9 Å². The van der Waals surface area contributed by atoms with Crippen molar-refractivity contribution in [3.05, 3.63) is 0 Å². The average molecular weight is 625 g/mol. The quantitative estimate of drug-likeness (QED) is 0.109. The van der Waals surface area contributed by atoms with Gasteiger partial charge in [0.15, 0.2) is 0 Å². The molecule has 16 nitrogen and oxygen atoms in total. The smallest absolute Gasteiger partial charge is 0.410 e. The number of carbonyl (C=O) groups excluding carboxylic acids is 4. The first-order chi connectivity index (χ1) is 20.0. The molecule has 0 aliphatic heterocycles. The number of amides is 2. The normalized spacial score (nSPS) is 11.4. The molecule has 0 unspecified atom stereocenters. The lowest BCUT2D eigenvalue weighted by molar-refractivity contribution is -0.147. The van der Waals surface area contributed by atoms with Crippen molar-refractivity contribution in [1.82, 2.24) is 9.80 Å². The minimum Gasteiger partial charge on any atom is -0.480 e. The van der Waals surface area contributed by atoms with Gasteiger partial charge in [0.25, 0.3) is 0 Å². The fourth-order valence-corrected chi connectivity index (χ4v) is 2.81. The second-order valence-electron chi connectivity index (χ2n) is 10.9. The third-order valence-corrected chi connectivity index (χ3v) is 4.59. The van der Waals surface area contributed by atoms with Gasteiger partial charge in [-0.3, -0.25) is 19.4 Å². The Bertz CT molecular complexity index is 854. The van der Waals surface area contributed by atoms with E-state index in [2.05, 4.69) is 0 Å². The number of hydrogen-bond donors (Lipinski definition) is 1. The largest absolute Gasteiger partial charge is 0.480 e. The predicted molar refractivity (Wildman–Crippen MR) is 150 cm³/mol. The number of ether oxygens (including phenoxy) is 8. The van der Waals surface area contributed by atoms with Gasteiger partial charge >= 0.3 is 30.1 Å². The molecule has 0 aromatic heterocycles. The molecule has 0 aromatic rings. The molecular formula is C27H48N2O14. The average Bonchev–Trinajstić information content (AvgIpc) is 2.86. The highest BCUT2D eigenvalue weighted by molar-refractivity contribution is 5.79. The highest BCUT2D eigenvalue weighted by Crippen LogP contribution is 2.11. The summed E-state index contributed by atoms with van der Waals surface area (Å²) in [7, 11) is 1.46. The van der Waals surface area contributed by atoms with Crippen LogP contribution in [0.1, 0.15) is 41.5 Å². The molecule has 0 radical (unpaired) electrons. The summed E-state index contributed by atoms with van der Waals surface area (Å²) in [5, 5.41) is 8.46. The van der Waals surface area contributed by atoms with Crippen molar-refractivity contribution in [3.63, 3.8) is 0 Å². The molecule has 0 bridgehead atoms. The summed E-state index contributed by atoms with van der Waals surface area (Å²) in [6, 6.07) is 0. The van der Waals surface area contributed by atoms with Crippen molar-refractivity contribution in [3.8, 4) is 0 Å². The number of carboxylic acids is 1. The van der Waals surface area contributed by atoms with E-state index < -0.39 is 61.0 Å². The Morgan fingerprint density at radius 3 is 1.40 bits per heavy atom. The standard InChI is InChI=1S/C27H48N2O14/c1-26(2,3)42-24(34)28(8-10-36-7)18-22(32)40-11-9-29(25(35)43-27(4,5)6)19-23(33)41-17-16-38-13-12-37-14-15-39-20-21(30)31/h8-20H2,1-7H3,(H,30,31). The Hall–Kier alpha value is -3.21. The number of aliphatic carboxylic acids is 1. The van der Waals surface area contributed by atoms with Crippen LogP contribution in [0.15, 0.2) is 0 Å². The lowest BCUT2D eigenvalue weighted by atomic mass is 10.2. The van der Waals surface area contributed by atoms with E-state index in [1.807, 2.05) is 0 Å². The first-order valence-electron chi connectivity index (χ1n) is 13.7. The fourth-order valence-electron chi connectivity index (χ4n) is 2.81. The van der Waals surface area contributed by atoms with Gasteiger partial charge in [0.05, 0.1) is 46.2 Å². The van der Waals surface area contributed by atoms with Crippen LogP contribution in [0.3, 0.4) is 0 Å². The third-order valence-electron chi connectivity index (χ3n) is 4.59. The van der Waals surface area contributed by atoms with E-state index in [0.717, 1.165) is 9.80 Å². The van der Waals surface area contributed by atoms with E-state index in [4.69, 9.17) is 43.0 Å². The molecule has 1 N–H and O–H groups in total. The number of hydrogen-bond acceptors (Lipinski definition) is 13. The van der Waals surface area contributed by atoms with Gasteiger partial charge < -0.3 is 43.0 Å². The van der Waals surface area contributed by atoms with E-state index in [9.17, 15) is 24.0 Å². The molecule has 0 aromatic carbocycles. The number of carbonyl (C=O) groups is 5. The monoisotopic (exact) mass is 624 g/mol. The minimum absolute atomic E-state index is 0.0753. The molecular weight excluding hydrogens is 576 g/mol. The van der Waals surface area contributed by atoms with Gasteiger partial charge in [-0.05, 0) is 41.5 Å². The molecule has 0 spiro atoms. The van der Waals surface area contributed by atoms with Crippen LogP contribution in [-0.4, -0.2) is 149 Å². The third kappa shape index (κ3) is 24.0. The number of carboxylic acid groups (broad SMARTS) is 1. The van der Waals surface area contributed by atoms with Crippen LogP contribution in [0.4, 0.5) is 9.59 Å². The summed E-state index contributed by atoms with van der Waals surface area (Å²) in [5.74, 6) is -2.54. The van der Waals surface area contributed by atoms with Crippen molar-refractivity contribution in [2.45, 2.75) is 52.7 Å². The van der Waals surface area contributed by atoms with E-state index in [1.54, 1.807) is 41.5 Å². The first kappa shape index (κ1) is 39.8. The molecule has 0 rings (SSSR count). The number of rotatable bonds is 21. The molecule has 0 aliphatic carbocycles. The van der Waals surface area contributed by atoms with Crippen molar-refractivity contribution >= 4 is 30.1 Å². The molecule has 0 fully saturated rings. The summed E-state index contributed by atoms with van der Waals surface area (Å²) >= 11 is 0. The molecule has 0 saturated heterocycles. The van der Waals surface area contributed by atoms with Crippen molar-refractivity contribution < 1.29 is 67.0 Å². The van der Waals surface area contributed by atoms with Gasteiger partial charge in [0.2, 0.25) is 0 Å². The predicted octanol–water partition coefficient (Wildman–Crippen LogP) is 1.33. The summed E-state index contributed by atoms with van der Waals surface area (Å²) < 4.78 is 41.3. The number of esters is 2. The molecule has 0 atom stereocenters. The maximum atomic E-state index is 12.7. The van der Waals surface area contributed by atoms with E-state index >= 15 is 0 Å². The molecule has 43 heavy (non-hydrogen) atoms. The molecule has 2 amide bonds. The van der Waals surface area contributed by atoms with Crippen LogP contribution in [0.25, 0.3) is 0 Å². The lowest BCUT2D eigenvalue weighted by Gasteiger charge is -2.27. The van der Waals surface area contributed by atoms with Crippen LogP contribution >= 0.6 is 0 Å². The van der Waals surface area contributed by atoms with Gasteiger partial charge in [-0.25, -0.2) is 14.4 Å². The van der Waals surface area contributed by atoms with Gasteiger partial charge in [0, 0.05) is 13.7 Å². The summed E-state index contributed by atoms with van der Waals surface area (Å²) in [6.45, 7) is 9.40. The zero-order valence-electron chi connectivity index (χ0n) is 26.3. The Labute approximate surface area is 252 Å². The number of nitrogens with zero attached hydrogens (tertiary/aromatic N) is 2. The molecule has 0 heterocycles. The summed E-state index contributed by atoms with van der Waals surface area (Å²) in [4.78, 5) is 62.4. The van der Waals surface area contributed by atoms with Crippen LogP contribution in [0.2, 0.25) is 0 Å². The highest BCUT2D eigenvalue weighted by atomic mass is 16.6. The first-order valence-corrected chi connectivity index (χ1v) is 13.7. The van der Waals surface area contributed by atoms with Crippen LogP contribution in [-0.2, 0) is 52.3 Å². The van der Waals surface area contributed by atoms with Crippen LogP contribution in [0.5, 0.6) is 0 Å². The van der Waals surface area contributed by atoms with Crippen LogP contribution < -0.4 is 0 Å². The van der Waals surface area contributed by atoms with E-state index in [1.165, 1.54) is 7.11 Å². The maximum absolute atomic E-state index is 12.7. The Balaban J connectivity index is 4.67. The van der Waals surface area contributed by atoms with Crippen LogP contribution in [0, 0.1) is 0 Å². The zero-order valence-corrected chi connectivity index (χ0v) is 26.3. The minimum atomic E-state index is -1.06.